The number of nitrogens with zero attached hydrogens (tertiary/aromatic N) is 2. The first kappa shape index (κ1) is 18.5. The van der Waals surface area contributed by atoms with Crippen LogP contribution in [0.4, 0.5) is 0 Å². The molecule has 0 atom stereocenters. The summed E-state index contributed by atoms with van der Waals surface area (Å²) < 4.78 is 0. The summed E-state index contributed by atoms with van der Waals surface area (Å²) in [6.45, 7) is 10.4. The van der Waals surface area contributed by atoms with E-state index in [4.69, 9.17) is 17.2 Å². The SMILES string of the molecule is CC(C)(C)c1ccc(C2=NC(C)(C)N(C(=O)c3ccccc3)C2=S)cc1. The fourth-order valence-corrected chi connectivity index (χ4v) is 3.56. The molecule has 1 aliphatic rings. The summed E-state index contributed by atoms with van der Waals surface area (Å²) in [6.07, 6.45) is 0. The van der Waals surface area contributed by atoms with Crippen LogP contribution in [0.1, 0.15) is 56.1 Å². The molecule has 0 N–H and O–H groups in total. The van der Waals surface area contributed by atoms with E-state index in [1.54, 1.807) is 17.0 Å². The first-order valence-corrected chi connectivity index (χ1v) is 9.17. The Bertz CT molecular complexity index is 875. The topological polar surface area (TPSA) is 32.7 Å². The Morgan fingerprint density at radius 1 is 1.00 bits per heavy atom. The average molecular weight is 365 g/mol. The third-order valence-electron chi connectivity index (χ3n) is 4.59. The van der Waals surface area contributed by atoms with Crippen LogP contribution in [0.2, 0.25) is 0 Å². The highest BCUT2D eigenvalue weighted by Gasteiger charge is 2.42. The number of thiocarbonyl (C=S) groups is 1. The fraction of sp³-hybridized carbons (Fsp3) is 0.318. The van der Waals surface area contributed by atoms with Gasteiger partial charge in [0.1, 0.15) is 16.4 Å². The minimum atomic E-state index is -0.706. The van der Waals surface area contributed by atoms with Crippen molar-refractivity contribution in [2.24, 2.45) is 4.99 Å². The first-order chi connectivity index (χ1) is 12.1. The largest absolute Gasteiger partial charge is 0.272 e. The van der Waals surface area contributed by atoms with Gasteiger partial charge in [-0.3, -0.25) is 14.7 Å². The van der Waals surface area contributed by atoms with Gasteiger partial charge in [-0.05, 0) is 37.0 Å². The van der Waals surface area contributed by atoms with E-state index >= 15 is 0 Å². The second kappa shape index (κ2) is 6.44. The summed E-state index contributed by atoms with van der Waals surface area (Å²) in [5, 5.41) is 0. The van der Waals surface area contributed by atoms with Crippen molar-refractivity contribution in [1.82, 2.24) is 4.90 Å². The monoisotopic (exact) mass is 364 g/mol. The van der Waals surface area contributed by atoms with Crippen molar-refractivity contribution in [3.8, 4) is 0 Å². The summed E-state index contributed by atoms with van der Waals surface area (Å²) in [4.78, 5) is 19.9. The molecular formula is C22H24N2OS. The predicted octanol–water partition coefficient (Wildman–Crippen LogP) is 4.99. The molecule has 0 saturated carbocycles. The van der Waals surface area contributed by atoms with Gasteiger partial charge >= 0.3 is 0 Å². The van der Waals surface area contributed by atoms with Gasteiger partial charge in [0.15, 0.2) is 0 Å². The van der Waals surface area contributed by atoms with E-state index in [0.717, 1.165) is 5.56 Å². The van der Waals surface area contributed by atoms with Gasteiger partial charge in [-0.2, -0.15) is 0 Å². The minimum absolute atomic E-state index is 0.0884. The molecule has 2 aromatic carbocycles. The molecular weight excluding hydrogens is 340 g/mol. The Labute approximate surface area is 160 Å². The normalized spacial score (nSPS) is 16.6. The smallest absolute Gasteiger partial charge is 0.260 e. The van der Waals surface area contributed by atoms with E-state index < -0.39 is 5.66 Å². The zero-order valence-corrected chi connectivity index (χ0v) is 16.7. The van der Waals surface area contributed by atoms with Gasteiger partial charge in [0.25, 0.3) is 5.91 Å². The summed E-state index contributed by atoms with van der Waals surface area (Å²) in [7, 11) is 0. The lowest BCUT2D eigenvalue weighted by atomic mass is 9.86. The third kappa shape index (κ3) is 3.34. The van der Waals surface area contributed by atoms with E-state index in [-0.39, 0.29) is 11.3 Å². The molecule has 1 heterocycles. The highest BCUT2D eigenvalue weighted by atomic mass is 32.1. The third-order valence-corrected chi connectivity index (χ3v) is 4.96. The summed E-state index contributed by atoms with van der Waals surface area (Å²) >= 11 is 5.65. The number of hydrogen-bond acceptors (Lipinski definition) is 3. The Kier molecular flexibility index (Phi) is 4.57. The number of hydrogen-bond donors (Lipinski definition) is 0. The van der Waals surface area contributed by atoms with E-state index in [0.29, 0.717) is 16.3 Å². The minimum Gasteiger partial charge on any atom is -0.272 e. The molecule has 26 heavy (non-hydrogen) atoms. The van der Waals surface area contributed by atoms with Crippen molar-refractivity contribution in [1.29, 1.82) is 0 Å². The summed E-state index contributed by atoms with van der Waals surface area (Å²) in [5.41, 5.74) is 2.89. The molecule has 3 nitrogen and oxygen atoms in total. The Balaban J connectivity index is 1.94. The van der Waals surface area contributed by atoms with Crippen molar-refractivity contribution in [2.75, 3.05) is 0 Å². The lowest BCUT2D eigenvalue weighted by Gasteiger charge is -2.29. The molecule has 1 aliphatic heterocycles. The van der Waals surface area contributed by atoms with Crippen LogP contribution in [0, 0.1) is 0 Å². The van der Waals surface area contributed by atoms with Gasteiger partial charge in [0.2, 0.25) is 0 Å². The quantitative estimate of drug-likeness (QED) is 0.703. The molecule has 1 amide bonds. The lowest BCUT2D eigenvalue weighted by molar-refractivity contribution is 0.0758. The standard InChI is InChI=1S/C22H24N2OS/c1-21(2,3)17-13-11-15(12-14-17)18-20(26)24(22(4,5)23-18)19(25)16-9-7-6-8-10-16/h6-14H,1-5H3. The molecule has 0 unspecified atom stereocenters. The lowest BCUT2D eigenvalue weighted by Crippen LogP contribution is -2.46. The molecule has 0 aromatic heterocycles. The molecule has 3 rings (SSSR count). The van der Waals surface area contributed by atoms with Crippen LogP contribution in [-0.4, -0.2) is 27.2 Å². The van der Waals surface area contributed by atoms with Crippen LogP contribution in [0.5, 0.6) is 0 Å². The number of rotatable bonds is 2. The van der Waals surface area contributed by atoms with E-state index in [1.807, 2.05) is 44.2 Å². The Morgan fingerprint density at radius 2 is 1.58 bits per heavy atom. The highest BCUT2D eigenvalue weighted by Crippen LogP contribution is 2.30. The highest BCUT2D eigenvalue weighted by molar-refractivity contribution is 7.82. The zero-order chi connectivity index (χ0) is 19.1. The average Bonchev–Trinajstić information content (AvgIpc) is 2.83. The summed E-state index contributed by atoms with van der Waals surface area (Å²) in [6, 6.07) is 17.5. The molecule has 134 valence electrons. The Hall–Kier alpha value is -2.33. The maximum atomic E-state index is 13.0. The van der Waals surface area contributed by atoms with Gasteiger partial charge < -0.3 is 0 Å². The first-order valence-electron chi connectivity index (χ1n) is 8.76. The maximum absolute atomic E-state index is 13.0. The van der Waals surface area contributed by atoms with Crippen LogP contribution in [0.3, 0.4) is 0 Å². The maximum Gasteiger partial charge on any atom is 0.260 e. The number of carbonyl (C=O) groups excluding carboxylic acids is 1. The van der Waals surface area contributed by atoms with Gasteiger partial charge in [0.05, 0.1) is 0 Å². The second-order valence-electron chi connectivity index (χ2n) is 8.09. The predicted molar refractivity (Wildman–Crippen MR) is 111 cm³/mol. The molecule has 2 aromatic rings. The van der Waals surface area contributed by atoms with Crippen molar-refractivity contribution in [2.45, 2.75) is 45.7 Å². The van der Waals surface area contributed by atoms with Gasteiger partial charge in [-0.25, -0.2) is 0 Å². The Morgan fingerprint density at radius 3 is 2.12 bits per heavy atom. The van der Waals surface area contributed by atoms with Gasteiger partial charge in [0, 0.05) is 11.1 Å². The van der Waals surface area contributed by atoms with Crippen molar-refractivity contribution >= 4 is 28.8 Å². The van der Waals surface area contributed by atoms with Crippen LogP contribution in [0.25, 0.3) is 0 Å². The number of aliphatic imine (C=N–C) groups is 1. The molecule has 0 fully saturated rings. The van der Waals surface area contributed by atoms with Crippen molar-refractivity contribution < 1.29 is 4.79 Å². The molecule has 0 bridgehead atoms. The van der Waals surface area contributed by atoms with Crippen molar-refractivity contribution in [3.05, 3.63) is 71.3 Å². The van der Waals surface area contributed by atoms with Gasteiger partial charge in [-0.15, -0.1) is 0 Å². The van der Waals surface area contributed by atoms with Crippen LogP contribution < -0.4 is 0 Å². The number of amides is 1. The fourth-order valence-electron chi connectivity index (χ4n) is 3.09. The second-order valence-corrected chi connectivity index (χ2v) is 8.48. The number of carbonyl (C=O) groups is 1. The summed E-state index contributed by atoms with van der Waals surface area (Å²) in [5.74, 6) is -0.120. The van der Waals surface area contributed by atoms with Crippen LogP contribution in [0.15, 0.2) is 59.6 Å². The number of benzene rings is 2. The molecule has 0 saturated heterocycles. The zero-order valence-electron chi connectivity index (χ0n) is 15.9. The van der Waals surface area contributed by atoms with Gasteiger partial charge in [-0.1, -0.05) is 75.5 Å². The van der Waals surface area contributed by atoms with Crippen molar-refractivity contribution in [3.63, 3.8) is 0 Å². The van der Waals surface area contributed by atoms with Crippen LogP contribution >= 0.6 is 12.2 Å². The molecule has 0 spiro atoms. The molecule has 0 aliphatic carbocycles. The molecule has 0 radical (unpaired) electrons. The molecule has 4 heteroatoms. The van der Waals surface area contributed by atoms with Crippen LogP contribution in [-0.2, 0) is 5.41 Å². The van der Waals surface area contributed by atoms with E-state index in [1.165, 1.54) is 5.56 Å². The van der Waals surface area contributed by atoms with E-state index in [2.05, 4.69) is 32.9 Å². The van der Waals surface area contributed by atoms with E-state index in [9.17, 15) is 4.79 Å².